The Balaban J connectivity index is 2.15. The maximum Gasteiger partial charge on any atom is 0.135 e. The number of rotatable bonds is 5. The van der Waals surface area contributed by atoms with E-state index in [1.807, 2.05) is 29.2 Å². The summed E-state index contributed by atoms with van der Waals surface area (Å²) in [5.74, 6) is 0.755. The van der Waals surface area contributed by atoms with Gasteiger partial charge in [-0.1, -0.05) is 6.92 Å². The Hall–Kier alpha value is -1.33. The van der Waals surface area contributed by atoms with Crippen LogP contribution in [-0.4, -0.2) is 22.0 Å². The number of nitrogens with zero attached hydrogens (tertiary/aromatic N) is 2. The van der Waals surface area contributed by atoms with E-state index in [-0.39, 0.29) is 0 Å². The first kappa shape index (κ1) is 13.1. The molecular weight excluding hydrogens is 248 g/mol. The summed E-state index contributed by atoms with van der Waals surface area (Å²) in [4.78, 5) is 0.872. The van der Waals surface area contributed by atoms with Crippen molar-refractivity contribution in [3.05, 3.63) is 33.8 Å². The molecule has 1 N–H and O–H groups in total. The minimum atomic E-state index is -0.542. The molecule has 0 fully saturated rings. The summed E-state index contributed by atoms with van der Waals surface area (Å²) in [5.41, 5.74) is 2.09. The predicted molar refractivity (Wildman–Crippen MR) is 72.1 cm³/mol. The highest BCUT2D eigenvalue weighted by Gasteiger charge is 2.17. The standard InChI is InChI=1S/C13H18N2O2S/c1-4-9-7-10(15(2)14-9)8-11(16)13-12(17-3)5-6-18-13/h5-7,11,16H,4,8H2,1-3H3. The SMILES string of the molecule is CCc1cc(CC(O)c2sccc2OC)n(C)n1. The number of aryl methyl sites for hydroxylation is 2. The smallest absolute Gasteiger partial charge is 0.135 e. The van der Waals surface area contributed by atoms with Gasteiger partial charge in [0.15, 0.2) is 0 Å². The molecular formula is C13H18N2O2S. The van der Waals surface area contributed by atoms with E-state index in [4.69, 9.17) is 4.74 Å². The largest absolute Gasteiger partial charge is 0.495 e. The van der Waals surface area contributed by atoms with Crippen molar-refractivity contribution in [3.8, 4) is 5.75 Å². The van der Waals surface area contributed by atoms with Crippen molar-refractivity contribution in [1.29, 1.82) is 0 Å². The fourth-order valence-corrected chi connectivity index (χ4v) is 2.79. The summed E-state index contributed by atoms with van der Waals surface area (Å²) in [6.45, 7) is 2.07. The first-order chi connectivity index (χ1) is 8.65. The zero-order valence-corrected chi connectivity index (χ0v) is 11.7. The highest BCUT2D eigenvalue weighted by molar-refractivity contribution is 7.10. The van der Waals surface area contributed by atoms with Crippen LogP contribution in [-0.2, 0) is 19.9 Å². The van der Waals surface area contributed by atoms with Crippen LogP contribution in [0.2, 0.25) is 0 Å². The Morgan fingerprint density at radius 2 is 2.33 bits per heavy atom. The average molecular weight is 266 g/mol. The van der Waals surface area contributed by atoms with Crippen molar-refractivity contribution in [1.82, 2.24) is 9.78 Å². The number of thiophene rings is 1. The summed E-state index contributed by atoms with van der Waals surface area (Å²) in [7, 11) is 3.53. The topological polar surface area (TPSA) is 47.3 Å². The molecule has 2 heterocycles. The molecule has 0 aliphatic carbocycles. The van der Waals surface area contributed by atoms with Crippen LogP contribution in [0, 0.1) is 0 Å². The quantitative estimate of drug-likeness (QED) is 0.903. The molecule has 1 unspecified atom stereocenters. The molecule has 5 heteroatoms. The zero-order valence-electron chi connectivity index (χ0n) is 10.9. The lowest BCUT2D eigenvalue weighted by molar-refractivity contribution is 0.175. The summed E-state index contributed by atoms with van der Waals surface area (Å²) in [5, 5.41) is 16.6. The molecule has 18 heavy (non-hydrogen) atoms. The molecule has 2 rings (SSSR count). The van der Waals surface area contributed by atoms with Crippen molar-refractivity contribution >= 4 is 11.3 Å². The molecule has 0 saturated carbocycles. The van der Waals surface area contributed by atoms with Gasteiger partial charge in [0, 0.05) is 19.2 Å². The maximum atomic E-state index is 10.3. The number of aliphatic hydroxyl groups is 1. The number of aromatic nitrogens is 2. The Morgan fingerprint density at radius 1 is 1.56 bits per heavy atom. The van der Waals surface area contributed by atoms with Gasteiger partial charge >= 0.3 is 0 Å². The van der Waals surface area contributed by atoms with Crippen molar-refractivity contribution in [2.24, 2.45) is 7.05 Å². The van der Waals surface area contributed by atoms with E-state index in [0.717, 1.165) is 28.4 Å². The molecule has 0 aromatic carbocycles. The number of methoxy groups -OCH3 is 1. The van der Waals surface area contributed by atoms with Crippen molar-refractivity contribution in [2.75, 3.05) is 7.11 Å². The van der Waals surface area contributed by atoms with Gasteiger partial charge in [-0.25, -0.2) is 0 Å². The van der Waals surface area contributed by atoms with E-state index < -0.39 is 6.10 Å². The van der Waals surface area contributed by atoms with Crippen LogP contribution in [0.4, 0.5) is 0 Å². The van der Waals surface area contributed by atoms with Gasteiger partial charge < -0.3 is 9.84 Å². The summed E-state index contributed by atoms with van der Waals surface area (Å²) < 4.78 is 7.06. The second kappa shape index (κ2) is 5.54. The van der Waals surface area contributed by atoms with Crippen LogP contribution in [0.3, 0.4) is 0 Å². The van der Waals surface area contributed by atoms with E-state index in [1.165, 1.54) is 11.3 Å². The molecule has 0 spiro atoms. The second-order valence-electron chi connectivity index (χ2n) is 4.18. The number of aliphatic hydroxyl groups excluding tert-OH is 1. The highest BCUT2D eigenvalue weighted by atomic mass is 32.1. The van der Waals surface area contributed by atoms with Crippen LogP contribution in [0.25, 0.3) is 0 Å². The number of hydrogen-bond acceptors (Lipinski definition) is 4. The van der Waals surface area contributed by atoms with Crippen molar-refractivity contribution in [2.45, 2.75) is 25.9 Å². The van der Waals surface area contributed by atoms with Gasteiger partial charge in [-0.3, -0.25) is 4.68 Å². The fraction of sp³-hybridized carbons (Fsp3) is 0.462. The first-order valence-corrected chi connectivity index (χ1v) is 6.84. The Morgan fingerprint density at radius 3 is 2.94 bits per heavy atom. The minimum Gasteiger partial charge on any atom is -0.495 e. The third kappa shape index (κ3) is 2.57. The third-order valence-electron chi connectivity index (χ3n) is 2.97. The van der Waals surface area contributed by atoms with Crippen LogP contribution < -0.4 is 4.74 Å². The maximum absolute atomic E-state index is 10.3. The monoisotopic (exact) mass is 266 g/mol. The Labute approximate surface area is 111 Å². The minimum absolute atomic E-state index is 0.542. The second-order valence-corrected chi connectivity index (χ2v) is 5.13. The van der Waals surface area contributed by atoms with Crippen molar-refractivity contribution < 1.29 is 9.84 Å². The molecule has 0 bridgehead atoms. The van der Waals surface area contributed by atoms with Gasteiger partial charge in [-0.05, 0) is 23.9 Å². The molecule has 4 nitrogen and oxygen atoms in total. The van der Waals surface area contributed by atoms with E-state index in [9.17, 15) is 5.11 Å². The zero-order chi connectivity index (χ0) is 13.1. The highest BCUT2D eigenvalue weighted by Crippen LogP contribution is 2.32. The lowest BCUT2D eigenvalue weighted by Gasteiger charge is -2.10. The normalized spacial score (nSPS) is 12.7. The summed E-state index contributed by atoms with van der Waals surface area (Å²) in [6, 6.07) is 3.92. The molecule has 2 aromatic rings. The van der Waals surface area contributed by atoms with E-state index in [1.54, 1.807) is 7.11 Å². The van der Waals surface area contributed by atoms with Gasteiger partial charge in [-0.15, -0.1) is 11.3 Å². The molecule has 0 aliphatic heterocycles. The molecule has 0 radical (unpaired) electrons. The van der Waals surface area contributed by atoms with Crippen LogP contribution in [0.15, 0.2) is 17.5 Å². The first-order valence-electron chi connectivity index (χ1n) is 5.97. The Kier molecular flexibility index (Phi) is 4.04. The van der Waals surface area contributed by atoms with E-state index in [2.05, 4.69) is 12.0 Å². The van der Waals surface area contributed by atoms with Crippen LogP contribution >= 0.6 is 11.3 Å². The van der Waals surface area contributed by atoms with Crippen LogP contribution in [0.5, 0.6) is 5.75 Å². The van der Waals surface area contributed by atoms with Gasteiger partial charge in [0.1, 0.15) is 5.75 Å². The molecule has 0 saturated heterocycles. The van der Waals surface area contributed by atoms with E-state index in [0.29, 0.717) is 6.42 Å². The molecule has 0 aliphatic rings. The van der Waals surface area contributed by atoms with Gasteiger partial charge in [0.05, 0.1) is 23.8 Å². The molecule has 98 valence electrons. The summed E-state index contributed by atoms with van der Waals surface area (Å²) >= 11 is 1.52. The lowest BCUT2D eigenvalue weighted by atomic mass is 10.1. The van der Waals surface area contributed by atoms with Gasteiger partial charge in [0.2, 0.25) is 0 Å². The average Bonchev–Trinajstić information content (AvgIpc) is 2.96. The van der Waals surface area contributed by atoms with E-state index >= 15 is 0 Å². The van der Waals surface area contributed by atoms with Gasteiger partial charge in [0.25, 0.3) is 0 Å². The Bertz CT molecular complexity index is 519. The predicted octanol–water partition coefficient (Wildman–Crippen LogP) is 2.33. The van der Waals surface area contributed by atoms with Crippen molar-refractivity contribution in [3.63, 3.8) is 0 Å². The van der Waals surface area contributed by atoms with Crippen LogP contribution in [0.1, 0.15) is 29.3 Å². The third-order valence-corrected chi connectivity index (χ3v) is 3.97. The molecule has 1 atom stereocenters. The lowest BCUT2D eigenvalue weighted by Crippen LogP contribution is -2.06. The fourth-order valence-electron chi connectivity index (χ4n) is 1.95. The summed E-state index contributed by atoms with van der Waals surface area (Å²) in [6.07, 6.45) is 0.923. The molecule has 0 amide bonds. The number of ether oxygens (including phenoxy) is 1. The van der Waals surface area contributed by atoms with Gasteiger partial charge in [-0.2, -0.15) is 5.10 Å². The number of hydrogen-bond donors (Lipinski definition) is 1. The molecule has 2 aromatic heterocycles.